The van der Waals surface area contributed by atoms with E-state index in [1.54, 1.807) is 0 Å². The Bertz CT molecular complexity index is 562. The molecule has 8 heteroatoms. The van der Waals surface area contributed by atoms with Crippen LogP contribution in [0, 0.1) is 0 Å². The Labute approximate surface area is 124 Å². The van der Waals surface area contributed by atoms with E-state index in [-0.39, 0.29) is 21.9 Å². The minimum Gasteiger partial charge on any atom is -0.372 e. The van der Waals surface area contributed by atoms with Crippen molar-refractivity contribution < 1.29 is 17.9 Å². The molecule has 0 unspecified atom stereocenters. The van der Waals surface area contributed by atoms with Gasteiger partial charge in [0.1, 0.15) is 6.61 Å². The maximum Gasteiger partial charge on any atom is 0.262 e. The van der Waals surface area contributed by atoms with Crippen LogP contribution < -0.4 is 5.32 Å². The maximum absolute atomic E-state index is 11.5. The lowest BCUT2D eigenvalue weighted by atomic mass is 10.3. The molecule has 0 spiro atoms. The second-order valence-corrected chi connectivity index (χ2v) is 7.07. The van der Waals surface area contributed by atoms with Crippen molar-refractivity contribution in [3.05, 3.63) is 22.7 Å². The Hall–Kier alpha value is -0.630. The van der Waals surface area contributed by atoms with Crippen LogP contribution in [0.1, 0.15) is 13.3 Å². The van der Waals surface area contributed by atoms with Gasteiger partial charge in [-0.1, -0.05) is 6.92 Å². The van der Waals surface area contributed by atoms with E-state index in [1.165, 1.54) is 18.2 Å². The number of carbonyl (C=O) groups excluding carboxylic acids is 1. The van der Waals surface area contributed by atoms with Crippen molar-refractivity contribution in [2.24, 2.45) is 0 Å². The Morgan fingerprint density at radius 1 is 1.47 bits per heavy atom. The van der Waals surface area contributed by atoms with Gasteiger partial charge in [-0.2, -0.15) is 0 Å². The summed E-state index contributed by atoms with van der Waals surface area (Å²) in [5.41, 5.74) is 0.459. The zero-order chi connectivity index (χ0) is 14.5. The summed E-state index contributed by atoms with van der Waals surface area (Å²) in [6.45, 7) is 2.42. The molecule has 0 saturated heterocycles. The van der Waals surface area contributed by atoms with Crippen molar-refractivity contribution in [2.75, 3.05) is 18.5 Å². The number of halogens is 2. The summed E-state index contributed by atoms with van der Waals surface area (Å²) in [6, 6.07) is 4.24. The van der Waals surface area contributed by atoms with Crippen molar-refractivity contribution in [1.29, 1.82) is 0 Å². The lowest BCUT2D eigenvalue weighted by Gasteiger charge is -2.07. The number of benzene rings is 1. The average molecular weight is 371 g/mol. The second kappa shape index (κ2) is 7.23. The van der Waals surface area contributed by atoms with Gasteiger partial charge in [0.2, 0.25) is 5.91 Å². The zero-order valence-electron chi connectivity index (χ0n) is 10.2. The third-order valence-corrected chi connectivity index (χ3v) is 4.36. The van der Waals surface area contributed by atoms with Crippen LogP contribution in [0.2, 0.25) is 0 Å². The molecule has 106 valence electrons. The summed E-state index contributed by atoms with van der Waals surface area (Å²) in [7, 11) is 1.43. The van der Waals surface area contributed by atoms with E-state index in [1.807, 2.05) is 6.92 Å². The van der Waals surface area contributed by atoms with Crippen LogP contribution in [0.15, 0.2) is 27.6 Å². The minimum atomic E-state index is -3.81. The van der Waals surface area contributed by atoms with Gasteiger partial charge in [-0.25, -0.2) is 8.42 Å². The van der Waals surface area contributed by atoms with E-state index in [0.717, 1.165) is 6.42 Å². The van der Waals surface area contributed by atoms with Crippen molar-refractivity contribution >= 4 is 47.3 Å². The van der Waals surface area contributed by atoms with Gasteiger partial charge in [-0.3, -0.25) is 4.79 Å². The second-order valence-electron chi connectivity index (χ2n) is 3.68. The Morgan fingerprint density at radius 2 is 2.16 bits per heavy atom. The Morgan fingerprint density at radius 3 is 2.68 bits per heavy atom. The van der Waals surface area contributed by atoms with E-state index in [0.29, 0.717) is 12.3 Å². The Balaban J connectivity index is 2.72. The highest BCUT2D eigenvalue weighted by Gasteiger charge is 2.15. The smallest absolute Gasteiger partial charge is 0.262 e. The maximum atomic E-state index is 11.5. The summed E-state index contributed by atoms with van der Waals surface area (Å²) in [5, 5.41) is 2.59. The van der Waals surface area contributed by atoms with Gasteiger partial charge in [0.05, 0.1) is 4.90 Å². The predicted molar refractivity (Wildman–Crippen MR) is 76.9 cm³/mol. The summed E-state index contributed by atoms with van der Waals surface area (Å²) >= 11 is 3.09. The first kappa shape index (κ1) is 16.4. The first-order valence-electron chi connectivity index (χ1n) is 5.46. The number of hydrogen-bond donors (Lipinski definition) is 1. The number of nitrogens with one attached hydrogen (secondary N) is 1. The molecule has 0 aliphatic heterocycles. The summed E-state index contributed by atoms with van der Waals surface area (Å²) < 4.78 is 27.8. The highest BCUT2D eigenvalue weighted by atomic mass is 79.9. The molecule has 19 heavy (non-hydrogen) atoms. The van der Waals surface area contributed by atoms with Crippen LogP contribution in [0.3, 0.4) is 0 Å². The number of amides is 1. The van der Waals surface area contributed by atoms with Crippen molar-refractivity contribution in [2.45, 2.75) is 18.2 Å². The van der Waals surface area contributed by atoms with Crippen molar-refractivity contribution in [3.63, 3.8) is 0 Å². The highest BCUT2D eigenvalue weighted by Crippen LogP contribution is 2.27. The van der Waals surface area contributed by atoms with Gasteiger partial charge < -0.3 is 10.1 Å². The number of anilines is 1. The molecule has 0 saturated carbocycles. The fraction of sp³-hybridized carbons (Fsp3) is 0.364. The molecule has 1 aromatic rings. The summed E-state index contributed by atoms with van der Waals surface area (Å²) in [6.07, 6.45) is 0.834. The largest absolute Gasteiger partial charge is 0.372 e. The molecular formula is C11H13BrClNO4S. The highest BCUT2D eigenvalue weighted by molar-refractivity contribution is 9.10. The molecule has 0 aliphatic carbocycles. The van der Waals surface area contributed by atoms with Crippen LogP contribution in [0.4, 0.5) is 5.69 Å². The van der Waals surface area contributed by atoms with E-state index in [4.69, 9.17) is 15.4 Å². The molecule has 0 aliphatic rings. The first-order chi connectivity index (χ1) is 8.84. The van der Waals surface area contributed by atoms with Crippen LogP contribution in [-0.2, 0) is 18.6 Å². The van der Waals surface area contributed by atoms with E-state index >= 15 is 0 Å². The van der Waals surface area contributed by atoms with E-state index in [2.05, 4.69) is 21.2 Å². The average Bonchev–Trinajstić information content (AvgIpc) is 2.27. The summed E-state index contributed by atoms with van der Waals surface area (Å²) in [5.74, 6) is -0.304. The van der Waals surface area contributed by atoms with Gasteiger partial charge in [0.25, 0.3) is 9.05 Å². The molecule has 1 aromatic carbocycles. The molecule has 0 heterocycles. The molecular weight excluding hydrogens is 358 g/mol. The molecule has 0 bridgehead atoms. The molecule has 0 aromatic heterocycles. The molecule has 1 amide bonds. The predicted octanol–water partition coefficient (Wildman–Crippen LogP) is 2.74. The van der Waals surface area contributed by atoms with Crippen LogP contribution in [0.25, 0.3) is 0 Å². The van der Waals surface area contributed by atoms with Crippen LogP contribution >= 0.6 is 26.6 Å². The molecule has 1 N–H and O–H groups in total. The first-order valence-corrected chi connectivity index (χ1v) is 8.56. The van der Waals surface area contributed by atoms with Gasteiger partial charge >= 0.3 is 0 Å². The topological polar surface area (TPSA) is 72.5 Å². The van der Waals surface area contributed by atoms with Crippen LogP contribution in [-0.4, -0.2) is 27.5 Å². The minimum absolute atomic E-state index is 0.0407. The van der Waals surface area contributed by atoms with Crippen LogP contribution in [0.5, 0.6) is 0 Å². The van der Waals surface area contributed by atoms with Gasteiger partial charge in [-0.15, -0.1) is 0 Å². The normalized spacial score (nSPS) is 11.3. The summed E-state index contributed by atoms with van der Waals surface area (Å²) in [4.78, 5) is 11.4. The third-order valence-electron chi connectivity index (χ3n) is 2.06. The van der Waals surface area contributed by atoms with Gasteiger partial charge in [0.15, 0.2) is 0 Å². The van der Waals surface area contributed by atoms with Crippen molar-refractivity contribution in [1.82, 2.24) is 0 Å². The quantitative estimate of drug-likeness (QED) is 0.617. The SMILES string of the molecule is CCCOCC(=O)Nc1ccc(S(=O)(=O)Cl)c(Br)c1. The number of hydrogen-bond acceptors (Lipinski definition) is 4. The standard InChI is InChI=1S/C11H13BrClNO4S/c1-2-5-18-7-11(15)14-8-3-4-10(9(12)6-8)19(13,16)17/h3-4,6H,2,5,7H2,1H3,(H,14,15). The van der Waals surface area contributed by atoms with E-state index < -0.39 is 9.05 Å². The fourth-order valence-corrected chi connectivity index (χ4v) is 3.51. The Kier molecular flexibility index (Phi) is 6.25. The monoisotopic (exact) mass is 369 g/mol. The molecule has 5 nitrogen and oxygen atoms in total. The number of ether oxygens (including phenoxy) is 1. The molecule has 1 rings (SSSR count). The molecule has 0 fully saturated rings. The van der Waals surface area contributed by atoms with Gasteiger partial charge in [-0.05, 0) is 40.5 Å². The third kappa shape index (κ3) is 5.48. The van der Waals surface area contributed by atoms with E-state index in [9.17, 15) is 13.2 Å². The number of carbonyl (C=O) groups is 1. The zero-order valence-corrected chi connectivity index (χ0v) is 13.3. The van der Waals surface area contributed by atoms with Gasteiger partial charge in [0, 0.05) is 27.4 Å². The number of rotatable bonds is 6. The fourth-order valence-electron chi connectivity index (χ4n) is 1.28. The lowest BCUT2D eigenvalue weighted by molar-refractivity contribution is -0.120. The molecule has 0 atom stereocenters. The lowest BCUT2D eigenvalue weighted by Crippen LogP contribution is -2.18. The van der Waals surface area contributed by atoms with Crippen molar-refractivity contribution in [3.8, 4) is 0 Å². The molecule has 0 radical (unpaired) electrons.